The lowest BCUT2D eigenvalue weighted by Crippen LogP contribution is -2.17. The molecule has 1 aliphatic rings. The zero-order chi connectivity index (χ0) is 14.8. The van der Waals surface area contributed by atoms with Gasteiger partial charge < -0.3 is 4.42 Å². The maximum absolute atomic E-state index is 12.5. The van der Waals surface area contributed by atoms with Gasteiger partial charge in [0.2, 0.25) is 5.78 Å². The predicted octanol–water partition coefficient (Wildman–Crippen LogP) is 4.07. The van der Waals surface area contributed by atoms with Crippen LogP contribution in [0.1, 0.15) is 51.5 Å². The van der Waals surface area contributed by atoms with E-state index in [1.807, 2.05) is 26.8 Å². The number of aryl methyl sites for hydroxylation is 2. The summed E-state index contributed by atoms with van der Waals surface area (Å²) in [6, 6.07) is 1.94. The van der Waals surface area contributed by atoms with Crippen molar-refractivity contribution in [1.29, 1.82) is 0 Å². The zero-order valence-corrected chi connectivity index (χ0v) is 12.3. The van der Waals surface area contributed by atoms with Gasteiger partial charge in [-0.15, -0.1) is 0 Å². The van der Waals surface area contributed by atoms with E-state index in [4.69, 9.17) is 4.42 Å². The van der Waals surface area contributed by atoms with Gasteiger partial charge in [-0.3, -0.25) is 9.59 Å². The van der Waals surface area contributed by atoms with Gasteiger partial charge in [0.15, 0.2) is 11.5 Å². The number of Topliss-reactive ketones (excluding diaryl/α,β-unsaturated/α-hetero) is 2. The van der Waals surface area contributed by atoms with Crippen molar-refractivity contribution >= 4 is 22.5 Å². The number of allylic oxidation sites excluding steroid dienone is 2. The molecule has 3 rings (SSSR count). The van der Waals surface area contributed by atoms with Crippen LogP contribution in [-0.4, -0.2) is 11.6 Å². The summed E-state index contributed by atoms with van der Waals surface area (Å²) >= 11 is 0. The van der Waals surface area contributed by atoms with E-state index in [1.54, 1.807) is 13.8 Å². The number of fused-ring (bicyclic) bond motifs is 3. The van der Waals surface area contributed by atoms with E-state index in [0.717, 1.165) is 22.1 Å². The summed E-state index contributed by atoms with van der Waals surface area (Å²) in [5, 5.41) is 0.755. The number of benzene rings is 1. The first-order valence-electron chi connectivity index (χ1n) is 6.64. The summed E-state index contributed by atoms with van der Waals surface area (Å²) in [5.41, 5.74) is 5.30. The smallest absolute Gasteiger partial charge is 0.225 e. The van der Waals surface area contributed by atoms with Crippen molar-refractivity contribution in [1.82, 2.24) is 0 Å². The largest absolute Gasteiger partial charge is 0.451 e. The lowest BCUT2D eigenvalue weighted by molar-refractivity contribution is 0.0958. The Balaban J connectivity index is 2.48. The molecule has 102 valence electrons. The van der Waals surface area contributed by atoms with Crippen LogP contribution >= 0.6 is 0 Å². The summed E-state index contributed by atoms with van der Waals surface area (Å²) in [5.74, 6) is -0.0808. The fraction of sp³-hybridized carbons (Fsp3) is 0.294. The van der Waals surface area contributed by atoms with Crippen LogP contribution in [0.25, 0.3) is 11.0 Å². The van der Waals surface area contributed by atoms with E-state index in [1.165, 1.54) is 0 Å². The molecule has 0 amide bonds. The van der Waals surface area contributed by atoms with Gasteiger partial charge in [-0.05, 0) is 57.4 Å². The molecule has 0 aliphatic heterocycles. The molecule has 0 fully saturated rings. The van der Waals surface area contributed by atoms with Crippen LogP contribution in [0.4, 0.5) is 0 Å². The minimum Gasteiger partial charge on any atom is -0.451 e. The van der Waals surface area contributed by atoms with Crippen LogP contribution in [0, 0.1) is 20.8 Å². The summed E-state index contributed by atoms with van der Waals surface area (Å²) in [6.07, 6.45) is 0. The molecule has 1 aromatic heterocycles. The molecule has 0 N–H and O–H groups in total. The molecule has 2 aromatic rings. The zero-order valence-electron chi connectivity index (χ0n) is 12.3. The molecular formula is C17H16O3. The quantitative estimate of drug-likeness (QED) is 0.723. The molecule has 0 bridgehead atoms. The Labute approximate surface area is 117 Å². The highest BCUT2D eigenvalue weighted by Crippen LogP contribution is 2.37. The third kappa shape index (κ3) is 1.40. The fourth-order valence-electron chi connectivity index (χ4n) is 2.73. The SMILES string of the molecule is CC1=C(C)C(=O)c2c(oc3c(C)c(C)c(C)cc23)C1=O. The number of carbonyl (C=O) groups is 2. The first kappa shape index (κ1) is 12.9. The highest BCUT2D eigenvalue weighted by molar-refractivity contribution is 6.29. The van der Waals surface area contributed by atoms with Crippen LogP contribution in [-0.2, 0) is 0 Å². The third-order valence-electron chi connectivity index (χ3n) is 4.48. The van der Waals surface area contributed by atoms with Crippen molar-refractivity contribution in [3.8, 4) is 0 Å². The van der Waals surface area contributed by atoms with Crippen LogP contribution in [0.3, 0.4) is 0 Å². The highest BCUT2D eigenvalue weighted by Gasteiger charge is 2.34. The number of carbonyl (C=O) groups excluding carboxylic acids is 2. The number of hydrogen-bond donors (Lipinski definition) is 0. The molecule has 0 unspecified atom stereocenters. The van der Waals surface area contributed by atoms with Gasteiger partial charge in [0, 0.05) is 16.5 Å². The van der Waals surface area contributed by atoms with Crippen molar-refractivity contribution < 1.29 is 14.0 Å². The molecule has 3 heteroatoms. The molecule has 0 saturated heterocycles. The molecule has 3 nitrogen and oxygen atoms in total. The van der Waals surface area contributed by atoms with E-state index >= 15 is 0 Å². The second-order valence-corrected chi connectivity index (χ2v) is 5.53. The van der Waals surface area contributed by atoms with Crippen molar-refractivity contribution in [3.05, 3.63) is 45.2 Å². The Hall–Kier alpha value is -2.16. The van der Waals surface area contributed by atoms with Gasteiger partial charge in [0.05, 0.1) is 5.56 Å². The monoisotopic (exact) mass is 268 g/mol. The maximum Gasteiger partial charge on any atom is 0.225 e. The van der Waals surface area contributed by atoms with Crippen molar-refractivity contribution in [2.75, 3.05) is 0 Å². The maximum atomic E-state index is 12.5. The Morgan fingerprint density at radius 1 is 0.850 bits per heavy atom. The molecule has 1 aliphatic carbocycles. The van der Waals surface area contributed by atoms with E-state index in [9.17, 15) is 9.59 Å². The Kier molecular flexibility index (Phi) is 2.52. The lowest BCUT2D eigenvalue weighted by Gasteiger charge is -2.11. The summed E-state index contributed by atoms with van der Waals surface area (Å²) in [6.45, 7) is 9.36. The number of furan rings is 1. The normalized spacial score (nSPS) is 15.2. The first-order valence-corrected chi connectivity index (χ1v) is 6.64. The summed E-state index contributed by atoms with van der Waals surface area (Å²) in [7, 11) is 0. The second-order valence-electron chi connectivity index (χ2n) is 5.53. The van der Waals surface area contributed by atoms with Crippen molar-refractivity contribution in [2.45, 2.75) is 34.6 Å². The molecule has 0 spiro atoms. The molecule has 0 atom stereocenters. The summed E-state index contributed by atoms with van der Waals surface area (Å²) in [4.78, 5) is 24.8. The minimum absolute atomic E-state index is 0.0986. The topological polar surface area (TPSA) is 47.3 Å². The molecule has 20 heavy (non-hydrogen) atoms. The van der Waals surface area contributed by atoms with E-state index in [0.29, 0.717) is 22.3 Å². The van der Waals surface area contributed by atoms with Crippen LogP contribution in [0.15, 0.2) is 21.6 Å². The number of ketones is 2. The predicted molar refractivity (Wildman–Crippen MR) is 77.5 cm³/mol. The van der Waals surface area contributed by atoms with Gasteiger partial charge in [0.25, 0.3) is 0 Å². The molecule has 1 heterocycles. The van der Waals surface area contributed by atoms with Gasteiger partial charge in [-0.2, -0.15) is 0 Å². The molecule has 0 saturated carbocycles. The molecule has 0 radical (unpaired) electrons. The van der Waals surface area contributed by atoms with Gasteiger partial charge >= 0.3 is 0 Å². The number of rotatable bonds is 0. The Bertz CT molecular complexity index is 832. The average Bonchev–Trinajstić information content (AvgIpc) is 2.80. The molecule has 1 aromatic carbocycles. The fourth-order valence-corrected chi connectivity index (χ4v) is 2.73. The average molecular weight is 268 g/mol. The Morgan fingerprint density at radius 2 is 1.45 bits per heavy atom. The Morgan fingerprint density at radius 3 is 2.10 bits per heavy atom. The molecular weight excluding hydrogens is 252 g/mol. The highest BCUT2D eigenvalue weighted by atomic mass is 16.3. The van der Waals surface area contributed by atoms with E-state index in [-0.39, 0.29) is 17.3 Å². The van der Waals surface area contributed by atoms with Crippen molar-refractivity contribution in [2.24, 2.45) is 0 Å². The minimum atomic E-state index is -0.178. The first-order chi connectivity index (χ1) is 9.34. The van der Waals surface area contributed by atoms with Gasteiger partial charge in [0.1, 0.15) is 5.58 Å². The van der Waals surface area contributed by atoms with Gasteiger partial charge in [-0.1, -0.05) is 0 Å². The van der Waals surface area contributed by atoms with E-state index in [2.05, 4.69) is 0 Å². The summed E-state index contributed by atoms with van der Waals surface area (Å²) < 4.78 is 5.75. The standard InChI is InChI=1S/C17H16O3/c1-7-6-12-13-14(18)9(3)10(4)15(19)17(13)20-16(12)11(5)8(7)2/h6H,1-5H3. The van der Waals surface area contributed by atoms with Crippen molar-refractivity contribution in [3.63, 3.8) is 0 Å². The lowest BCUT2D eigenvalue weighted by atomic mass is 9.88. The van der Waals surface area contributed by atoms with E-state index < -0.39 is 0 Å². The number of hydrogen-bond acceptors (Lipinski definition) is 3. The van der Waals surface area contributed by atoms with Crippen LogP contribution < -0.4 is 0 Å². The van der Waals surface area contributed by atoms with Crippen LogP contribution in [0.5, 0.6) is 0 Å². The van der Waals surface area contributed by atoms with Crippen LogP contribution in [0.2, 0.25) is 0 Å². The second kappa shape index (κ2) is 3.92. The third-order valence-corrected chi connectivity index (χ3v) is 4.48. The van der Waals surface area contributed by atoms with Gasteiger partial charge in [-0.25, -0.2) is 0 Å².